The third kappa shape index (κ3) is 7.93. The van der Waals surface area contributed by atoms with E-state index in [9.17, 15) is 0 Å². The Morgan fingerprint density at radius 1 is 0.378 bits per heavy atom. The lowest BCUT2D eigenvalue weighted by atomic mass is 9.72. The molecule has 0 bridgehead atoms. The Bertz CT molecular complexity index is 1220. The van der Waals surface area contributed by atoms with Crippen LogP contribution in [0.4, 0.5) is 0 Å². The van der Waals surface area contributed by atoms with Crippen molar-refractivity contribution in [3.8, 4) is 0 Å². The molecule has 37 heavy (non-hydrogen) atoms. The molecule has 0 aliphatic carbocycles. The van der Waals surface area contributed by atoms with Gasteiger partial charge in [0.15, 0.2) is 0 Å². The summed E-state index contributed by atoms with van der Waals surface area (Å²) in [5, 5.41) is 0. The molecular weight excluding hydrogens is 444 g/mol. The molecule has 0 nitrogen and oxygen atoms in total. The van der Waals surface area contributed by atoms with E-state index < -0.39 is 0 Å². The average molecular weight is 491 g/mol. The zero-order valence-corrected chi connectivity index (χ0v) is 24.5. The SMILES string of the molecule is Cc1cccc(C(c2cccc(C)c2)C(C)(C)C)c1.Cc1cccc(C(c2ccccc2)C(C)(C)C)c1. The highest BCUT2D eigenvalue weighted by atomic mass is 14.3. The minimum atomic E-state index is 0.210. The number of benzene rings is 4. The Morgan fingerprint density at radius 2 is 0.676 bits per heavy atom. The minimum absolute atomic E-state index is 0.210. The van der Waals surface area contributed by atoms with Crippen LogP contribution in [0.15, 0.2) is 103 Å². The van der Waals surface area contributed by atoms with E-state index in [0.717, 1.165) is 0 Å². The molecule has 0 spiro atoms. The van der Waals surface area contributed by atoms with Gasteiger partial charge in [-0.1, -0.05) is 161 Å². The van der Waals surface area contributed by atoms with Gasteiger partial charge in [0.2, 0.25) is 0 Å². The van der Waals surface area contributed by atoms with E-state index in [0.29, 0.717) is 11.8 Å². The summed E-state index contributed by atoms with van der Waals surface area (Å²) < 4.78 is 0. The quantitative estimate of drug-likeness (QED) is 0.267. The zero-order chi connectivity index (χ0) is 27.2. The van der Waals surface area contributed by atoms with E-state index in [4.69, 9.17) is 0 Å². The minimum Gasteiger partial charge on any atom is -0.0622 e. The van der Waals surface area contributed by atoms with Gasteiger partial charge in [0.25, 0.3) is 0 Å². The Kier molecular flexibility index (Phi) is 9.19. The van der Waals surface area contributed by atoms with Crippen LogP contribution in [0.25, 0.3) is 0 Å². The summed E-state index contributed by atoms with van der Waals surface area (Å²) in [4.78, 5) is 0. The fourth-order valence-electron chi connectivity index (χ4n) is 5.58. The number of rotatable bonds is 4. The number of hydrogen-bond donors (Lipinski definition) is 0. The van der Waals surface area contributed by atoms with Crippen LogP contribution in [0.5, 0.6) is 0 Å². The summed E-state index contributed by atoms with van der Waals surface area (Å²) in [5.74, 6) is 0.880. The Hall–Kier alpha value is -3.12. The molecule has 0 amide bonds. The van der Waals surface area contributed by atoms with Gasteiger partial charge in [-0.2, -0.15) is 0 Å². The maximum absolute atomic E-state index is 2.32. The molecule has 1 unspecified atom stereocenters. The third-order valence-corrected chi connectivity index (χ3v) is 6.99. The van der Waals surface area contributed by atoms with Crippen molar-refractivity contribution < 1.29 is 0 Å². The standard InChI is InChI=1S/C19H24.C18H22/c1-14-8-6-10-16(12-14)18(19(3,4)5)17-11-7-9-15(2)13-17;1-14-9-8-12-16(13-14)17(18(2,3)4)15-10-6-5-7-11-15/h6-13,18H,1-5H3;5-13,17H,1-4H3. The smallest absolute Gasteiger partial charge is 0.0138 e. The van der Waals surface area contributed by atoms with E-state index in [1.54, 1.807) is 0 Å². The van der Waals surface area contributed by atoms with Gasteiger partial charge in [0, 0.05) is 11.8 Å². The van der Waals surface area contributed by atoms with Crippen LogP contribution in [0.1, 0.15) is 92.3 Å². The van der Waals surface area contributed by atoms with Gasteiger partial charge in [-0.3, -0.25) is 0 Å². The molecule has 4 aromatic carbocycles. The molecular formula is C37H46. The van der Waals surface area contributed by atoms with Gasteiger partial charge < -0.3 is 0 Å². The van der Waals surface area contributed by atoms with Crippen LogP contribution < -0.4 is 0 Å². The summed E-state index contributed by atoms with van der Waals surface area (Å²) in [6, 6.07) is 37.5. The van der Waals surface area contributed by atoms with Gasteiger partial charge in [0.05, 0.1) is 0 Å². The number of hydrogen-bond acceptors (Lipinski definition) is 0. The summed E-state index contributed by atoms with van der Waals surface area (Å²) in [6.45, 7) is 20.4. The van der Waals surface area contributed by atoms with E-state index in [1.807, 2.05) is 0 Å². The first-order valence-corrected chi connectivity index (χ1v) is 13.6. The van der Waals surface area contributed by atoms with Crippen molar-refractivity contribution in [2.45, 2.75) is 74.1 Å². The van der Waals surface area contributed by atoms with Crippen LogP contribution in [-0.2, 0) is 0 Å². The molecule has 0 radical (unpaired) electrons. The molecule has 4 rings (SSSR count). The zero-order valence-electron chi connectivity index (χ0n) is 24.5. The average Bonchev–Trinajstić information content (AvgIpc) is 2.79. The van der Waals surface area contributed by atoms with Crippen molar-refractivity contribution in [3.63, 3.8) is 0 Å². The third-order valence-electron chi connectivity index (χ3n) is 6.99. The van der Waals surface area contributed by atoms with Crippen molar-refractivity contribution in [1.82, 2.24) is 0 Å². The van der Waals surface area contributed by atoms with Crippen molar-refractivity contribution in [3.05, 3.63) is 142 Å². The highest BCUT2D eigenvalue weighted by Gasteiger charge is 2.28. The summed E-state index contributed by atoms with van der Waals surface area (Å²) >= 11 is 0. The van der Waals surface area contributed by atoms with E-state index in [1.165, 1.54) is 38.9 Å². The monoisotopic (exact) mass is 490 g/mol. The van der Waals surface area contributed by atoms with Gasteiger partial charge >= 0.3 is 0 Å². The van der Waals surface area contributed by atoms with Crippen molar-refractivity contribution >= 4 is 0 Å². The molecule has 0 N–H and O–H groups in total. The Morgan fingerprint density at radius 3 is 0.973 bits per heavy atom. The van der Waals surface area contributed by atoms with Crippen molar-refractivity contribution in [2.75, 3.05) is 0 Å². The topological polar surface area (TPSA) is 0 Å². The largest absolute Gasteiger partial charge is 0.0622 e. The second kappa shape index (κ2) is 12.0. The Balaban J connectivity index is 0.000000206. The van der Waals surface area contributed by atoms with Crippen LogP contribution in [0, 0.1) is 31.6 Å². The summed E-state index contributed by atoms with van der Waals surface area (Å²) in [6.07, 6.45) is 0. The normalized spacial score (nSPS) is 12.6. The summed E-state index contributed by atoms with van der Waals surface area (Å²) in [5.41, 5.74) is 10.1. The van der Waals surface area contributed by atoms with Crippen molar-refractivity contribution in [2.24, 2.45) is 10.8 Å². The second-order valence-electron chi connectivity index (χ2n) is 12.8. The number of aryl methyl sites for hydroxylation is 3. The molecule has 0 aromatic heterocycles. The highest BCUT2D eigenvalue weighted by Crippen LogP contribution is 2.41. The first kappa shape index (κ1) is 28.5. The predicted molar refractivity (Wildman–Crippen MR) is 163 cm³/mol. The molecule has 0 heterocycles. The Labute approximate surface area is 226 Å². The lowest BCUT2D eigenvalue weighted by Crippen LogP contribution is -2.19. The molecule has 0 aliphatic heterocycles. The lowest BCUT2D eigenvalue weighted by molar-refractivity contribution is 0.358. The maximum Gasteiger partial charge on any atom is 0.0138 e. The molecule has 0 saturated carbocycles. The molecule has 0 aliphatic rings. The van der Waals surface area contributed by atoms with E-state index >= 15 is 0 Å². The van der Waals surface area contributed by atoms with E-state index in [-0.39, 0.29) is 10.8 Å². The van der Waals surface area contributed by atoms with Crippen LogP contribution in [0.3, 0.4) is 0 Å². The van der Waals surface area contributed by atoms with Crippen LogP contribution in [0.2, 0.25) is 0 Å². The van der Waals surface area contributed by atoms with Crippen molar-refractivity contribution in [1.29, 1.82) is 0 Å². The van der Waals surface area contributed by atoms with Crippen LogP contribution in [-0.4, -0.2) is 0 Å². The predicted octanol–water partition coefficient (Wildman–Crippen LogP) is 10.7. The highest BCUT2D eigenvalue weighted by molar-refractivity contribution is 5.38. The second-order valence-corrected chi connectivity index (χ2v) is 12.8. The maximum atomic E-state index is 2.32. The molecule has 4 aromatic rings. The fraction of sp³-hybridized carbons (Fsp3) is 0.351. The van der Waals surface area contributed by atoms with Gasteiger partial charge in [-0.15, -0.1) is 0 Å². The molecule has 194 valence electrons. The van der Waals surface area contributed by atoms with Gasteiger partial charge in [-0.05, 0) is 53.9 Å². The first-order chi connectivity index (χ1) is 17.4. The first-order valence-electron chi connectivity index (χ1n) is 13.6. The van der Waals surface area contributed by atoms with Crippen LogP contribution >= 0.6 is 0 Å². The fourth-order valence-corrected chi connectivity index (χ4v) is 5.58. The van der Waals surface area contributed by atoms with E-state index in [2.05, 4.69) is 165 Å². The molecule has 0 saturated heterocycles. The molecule has 0 heteroatoms. The molecule has 1 atom stereocenters. The molecule has 0 fully saturated rings. The summed E-state index contributed by atoms with van der Waals surface area (Å²) in [7, 11) is 0. The van der Waals surface area contributed by atoms with Gasteiger partial charge in [0.1, 0.15) is 0 Å². The lowest BCUT2D eigenvalue weighted by Gasteiger charge is -2.32. The van der Waals surface area contributed by atoms with Gasteiger partial charge in [-0.25, -0.2) is 0 Å².